The highest BCUT2D eigenvalue weighted by molar-refractivity contribution is 5.84. The number of fused-ring (bicyclic) bond motifs is 1. The van der Waals surface area contributed by atoms with E-state index in [0.29, 0.717) is 0 Å². The molecule has 0 heterocycles. The standard InChI is InChI=1S/C19H16O/c20-19(17-7-2-1-3-8-17)13-11-15-10-12-16-6-4-5-9-18(16)14-15/h1-14,19-20H. The Bertz CT molecular complexity index is 729. The fourth-order valence-electron chi connectivity index (χ4n) is 2.28. The smallest absolute Gasteiger partial charge is 0.0975 e. The summed E-state index contributed by atoms with van der Waals surface area (Å²) < 4.78 is 0. The summed E-state index contributed by atoms with van der Waals surface area (Å²) >= 11 is 0. The molecule has 1 unspecified atom stereocenters. The van der Waals surface area contributed by atoms with Crippen molar-refractivity contribution in [2.24, 2.45) is 0 Å². The highest BCUT2D eigenvalue weighted by Crippen LogP contribution is 2.19. The summed E-state index contributed by atoms with van der Waals surface area (Å²) in [6.07, 6.45) is 3.21. The van der Waals surface area contributed by atoms with Gasteiger partial charge in [-0.1, -0.05) is 78.9 Å². The molecule has 3 aromatic carbocycles. The third-order valence-corrected chi connectivity index (χ3v) is 3.39. The molecule has 0 bridgehead atoms. The molecule has 0 aliphatic carbocycles. The normalized spacial score (nSPS) is 12.8. The van der Waals surface area contributed by atoms with Crippen LogP contribution in [0.1, 0.15) is 17.2 Å². The molecule has 1 atom stereocenters. The molecule has 0 saturated heterocycles. The second-order valence-corrected chi connectivity index (χ2v) is 4.82. The SMILES string of the molecule is OC(C=Cc1ccc2ccccc2c1)c1ccccc1. The molecule has 3 rings (SSSR count). The molecule has 0 aromatic heterocycles. The average molecular weight is 260 g/mol. The molecular formula is C19H16O. The average Bonchev–Trinajstić information content (AvgIpc) is 2.53. The van der Waals surface area contributed by atoms with Crippen molar-refractivity contribution in [1.29, 1.82) is 0 Å². The van der Waals surface area contributed by atoms with Gasteiger partial charge in [-0.2, -0.15) is 0 Å². The first kappa shape index (κ1) is 12.6. The van der Waals surface area contributed by atoms with Crippen LogP contribution in [0.3, 0.4) is 0 Å². The van der Waals surface area contributed by atoms with Crippen molar-refractivity contribution in [3.05, 3.63) is 90.0 Å². The lowest BCUT2D eigenvalue weighted by Crippen LogP contribution is -1.91. The second kappa shape index (κ2) is 5.72. The Morgan fingerprint density at radius 2 is 1.45 bits per heavy atom. The van der Waals surface area contributed by atoms with Gasteiger partial charge in [-0.15, -0.1) is 0 Å². The summed E-state index contributed by atoms with van der Waals surface area (Å²) in [5, 5.41) is 12.6. The first-order valence-electron chi connectivity index (χ1n) is 6.73. The highest BCUT2D eigenvalue weighted by atomic mass is 16.3. The van der Waals surface area contributed by atoms with E-state index in [2.05, 4.69) is 30.3 Å². The molecule has 0 aliphatic rings. The zero-order valence-corrected chi connectivity index (χ0v) is 11.1. The van der Waals surface area contributed by atoms with Crippen molar-refractivity contribution < 1.29 is 5.11 Å². The van der Waals surface area contributed by atoms with E-state index in [9.17, 15) is 5.11 Å². The molecular weight excluding hydrogens is 244 g/mol. The molecule has 3 aromatic rings. The maximum atomic E-state index is 10.1. The van der Waals surface area contributed by atoms with E-state index in [0.717, 1.165) is 11.1 Å². The summed E-state index contributed by atoms with van der Waals surface area (Å²) in [7, 11) is 0. The van der Waals surface area contributed by atoms with Crippen LogP contribution >= 0.6 is 0 Å². The summed E-state index contributed by atoms with van der Waals surface area (Å²) in [6, 6.07) is 24.2. The number of rotatable bonds is 3. The van der Waals surface area contributed by atoms with Gasteiger partial charge in [0.25, 0.3) is 0 Å². The van der Waals surface area contributed by atoms with E-state index in [1.807, 2.05) is 54.6 Å². The van der Waals surface area contributed by atoms with Gasteiger partial charge >= 0.3 is 0 Å². The van der Waals surface area contributed by atoms with E-state index in [-0.39, 0.29) is 0 Å². The number of aliphatic hydroxyl groups excluding tert-OH is 1. The first-order chi connectivity index (χ1) is 9.83. The van der Waals surface area contributed by atoms with Crippen LogP contribution in [0, 0.1) is 0 Å². The molecule has 1 nitrogen and oxygen atoms in total. The highest BCUT2D eigenvalue weighted by Gasteiger charge is 2.01. The topological polar surface area (TPSA) is 20.2 Å². The van der Waals surface area contributed by atoms with E-state index >= 15 is 0 Å². The van der Waals surface area contributed by atoms with Gasteiger partial charge < -0.3 is 5.11 Å². The molecule has 1 N–H and O–H groups in total. The van der Waals surface area contributed by atoms with Crippen LogP contribution < -0.4 is 0 Å². The predicted molar refractivity (Wildman–Crippen MR) is 84.4 cm³/mol. The summed E-state index contributed by atoms with van der Waals surface area (Å²) in [5.41, 5.74) is 2.00. The molecule has 0 spiro atoms. The van der Waals surface area contributed by atoms with Crippen LogP contribution in [0.25, 0.3) is 16.8 Å². The monoisotopic (exact) mass is 260 g/mol. The van der Waals surface area contributed by atoms with Crippen LogP contribution in [0.15, 0.2) is 78.9 Å². The zero-order valence-electron chi connectivity index (χ0n) is 11.1. The van der Waals surface area contributed by atoms with Crippen molar-refractivity contribution in [1.82, 2.24) is 0 Å². The number of hydrogen-bond donors (Lipinski definition) is 1. The second-order valence-electron chi connectivity index (χ2n) is 4.82. The summed E-state index contributed by atoms with van der Waals surface area (Å²) in [6.45, 7) is 0. The molecule has 0 amide bonds. The Hall–Kier alpha value is -2.38. The third kappa shape index (κ3) is 2.79. The first-order valence-corrected chi connectivity index (χ1v) is 6.73. The molecule has 0 saturated carbocycles. The molecule has 98 valence electrons. The van der Waals surface area contributed by atoms with Crippen molar-refractivity contribution >= 4 is 16.8 Å². The summed E-state index contributed by atoms with van der Waals surface area (Å²) in [5.74, 6) is 0. The van der Waals surface area contributed by atoms with Crippen LogP contribution in [0.4, 0.5) is 0 Å². The fraction of sp³-hybridized carbons (Fsp3) is 0.0526. The molecule has 0 aliphatic heterocycles. The van der Waals surface area contributed by atoms with E-state index < -0.39 is 6.10 Å². The van der Waals surface area contributed by atoms with E-state index in [4.69, 9.17) is 0 Å². The van der Waals surface area contributed by atoms with Gasteiger partial charge in [-0.25, -0.2) is 0 Å². The van der Waals surface area contributed by atoms with Crippen LogP contribution in [0.2, 0.25) is 0 Å². The largest absolute Gasteiger partial charge is 0.384 e. The zero-order chi connectivity index (χ0) is 13.8. The van der Waals surface area contributed by atoms with Crippen molar-refractivity contribution in [2.75, 3.05) is 0 Å². The van der Waals surface area contributed by atoms with E-state index in [1.165, 1.54) is 10.8 Å². The fourth-order valence-corrected chi connectivity index (χ4v) is 2.28. The Morgan fingerprint density at radius 3 is 2.25 bits per heavy atom. The Kier molecular flexibility index (Phi) is 3.62. The van der Waals surface area contributed by atoms with Crippen molar-refractivity contribution in [2.45, 2.75) is 6.10 Å². The van der Waals surface area contributed by atoms with Gasteiger partial charge in [-0.05, 0) is 28.0 Å². The Balaban J connectivity index is 1.83. The van der Waals surface area contributed by atoms with Gasteiger partial charge in [0.2, 0.25) is 0 Å². The lowest BCUT2D eigenvalue weighted by molar-refractivity contribution is 0.229. The van der Waals surface area contributed by atoms with E-state index in [1.54, 1.807) is 0 Å². The van der Waals surface area contributed by atoms with Gasteiger partial charge in [0.15, 0.2) is 0 Å². The lowest BCUT2D eigenvalue weighted by Gasteiger charge is -2.05. The van der Waals surface area contributed by atoms with Crippen LogP contribution in [0.5, 0.6) is 0 Å². The Morgan fingerprint density at radius 1 is 0.750 bits per heavy atom. The number of benzene rings is 3. The molecule has 1 heteroatoms. The minimum absolute atomic E-state index is 0.567. The quantitative estimate of drug-likeness (QED) is 0.730. The molecule has 20 heavy (non-hydrogen) atoms. The van der Waals surface area contributed by atoms with Crippen molar-refractivity contribution in [3.63, 3.8) is 0 Å². The van der Waals surface area contributed by atoms with Gasteiger partial charge in [0.05, 0.1) is 6.10 Å². The van der Waals surface area contributed by atoms with Gasteiger partial charge in [0.1, 0.15) is 0 Å². The van der Waals surface area contributed by atoms with Crippen LogP contribution in [-0.2, 0) is 0 Å². The number of hydrogen-bond acceptors (Lipinski definition) is 1. The number of aliphatic hydroxyl groups is 1. The minimum Gasteiger partial charge on any atom is -0.384 e. The Labute approximate surface area is 118 Å². The van der Waals surface area contributed by atoms with Crippen LogP contribution in [-0.4, -0.2) is 5.11 Å². The van der Waals surface area contributed by atoms with Gasteiger partial charge in [0, 0.05) is 0 Å². The maximum absolute atomic E-state index is 10.1. The third-order valence-electron chi connectivity index (χ3n) is 3.39. The molecule has 0 fully saturated rings. The van der Waals surface area contributed by atoms with Gasteiger partial charge in [-0.3, -0.25) is 0 Å². The lowest BCUT2D eigenvalue weighted by atomic mass is 10.0. The minimum atomic E-state index is -0.567. The maximum Gasteiger partial charge on any atom is 0.0975 e. The predicted octanol–water partition coefficient (Wildman–Crippen LogP) is 4.59. The molecule has 0 radical (unpaired) electrons. The van der Waals surface area contributed by atoms with Crippen molar-refractivity contribution in [3.8, 4) is 0 Å². The summed E-state index contributed by atoms with van der Waals surface area (Å²) in [4.78, 5) is 0.